The summed E-state index contributed by atoms with van der Waals surface area (Å²) in [6.45, 7) is 0. The van der Waals surface area contributed by atoms with Crippen LogP contribution in [0.2, 0.25) is 0 Å². The Labute approximate surface area is 205 Å². The molecule has 10 nitrogen and oxygen atoms in total. The molecule has 1 aromatic heterocycles. The van der Waals surface area contributed by atoms with Crippen molar-refractivity contribution in [2.24, 2.45) is 0 Å². The van der Waals surface area contributed by atoms with Gasteiger partial charge in [0.05, 0.1) is 30.9 Å². The van der Waals surface area contributed by atoms with Crippen molar-refractivity contribution in [2.45, 2.75) is 0 Å². The molecule has 3 aromatic carbocycles. The minimum absolute atomic E-state index is 0.0482. The number of nitro benzene ring substituents is 1. The molecule has 0 aliphatic heterocycles. The number of nitrogens with one attached hydrogen (secondary N) is 3. The summed E-state index contributed by atoms with van der Waals surface area (Å²) in [7, 11) is 2.89. The van der Waals surface area contributed by atoms with E-state index in [0.29, 0.717) is 16.9 Å². The van der Waals surface area contributed by atoms with Crippen LogP contribution in [0, 0.1) is 10.1 Å². The molecule has 0 saturated carbocycles. The molecular weight excluding hydrogens is 464 g/mol. The zero-order chi connectivity index (χ0) is 25.7. The molecule has 0 radical (unpaired) electrons. The maximum absolute atomic E-state index is 13.3. The third-order valence-corrected chi connectivity index (χ3v) is 5.39. The fraction of sp³-hybridized carbons (Fsp3) is 0.0769. The van der Waals surface area contributed by atoms with Gasteiger partial charge in [-0.15, -0.1) is 0 Å². The predicted octanol–water partition coefficient (Wildman–Crippen LogP) is 4.50. The van der Waals surface area contributed by atoms with Gasteiger partial charge in [0, 0.05) is 34.3 Å². The molecule has 4 aromatic rings. The number of H-pyrrole nitrogens is 1. The molecule has 0 saturated heterocycles. The zero-order valence-electron chi connectivity index (χ0n) is 19.4. The van der Waals surface area contributed by atoms with Gasteiger partial charge in [0.25, 0.3) is 17.5 Å². The number of ether oxygens (including phenoxy) is 2. The van der Waals surface area contributed by atoms with Crippen molar-refractivity contribution in [3.63, 3.8) is 0 Å². The van der Waals surface area contributed by atoms with Gasteiger partial charge < -0.3 is 25.1 Å². The third kappa shape index (κ3) is 5.17. The highest BCUT2D eigenvalue weighted by Gasteiger charge is 2.19. The van der Waals surface area contributed by atoms with Gasteiger partial charge in [-0.25, -0.2) is 0 Å². The number of nitro groups is 1. The van der Waals surface area contributed by atoms with E-state index in [1.165, 1.54) is 31.4 Å². The van der Waals surface area contributed by atoms with E-state index in [1.54, 1.807) is 49.7 Å². The average Bonchev–Trinajstić information content (AvgIpc) is 3.30. The smallest absolute Gasteiger partial charge is 0.273 e. The lowest BCUT2D eigenvalue weighted by Gasteiger charge is -2.13. The molecule has 10 heteroatoms. The van der Waals surface area contributed by atoms with Crippen LogP contribution < -0.4 is 20.1 Å². The molecule has 182 valence electrons. The van der Waals surface area contributed by atoms with Gasteiger partial charge in [-0.3, -0.25) is 19.7 Å². The molecule has 0 atom stereocenters. The molecule has 3 N–H and O–H groups in total. The molecule has 0 spiro atoms. The van der Waals surface area contributed by atoms with E-state index in [1.807, 2.05) is 12.1 Å². The minimum atomic E-state index is -0.649. The first-order valence-corrected chi connectivity index (χ1v) is 10.8. The van der Waals surface area contributed by atoms with Crippen LogP contribution in [0.1, 0.15) is 15.9 Å². The van der Waals surface area contributed by atoms with Crippen molar-refractivity contribution < 1.29 is 24.0 Å². The summed E-state index contributed by atoms with van der Waals surface area (Å²) in [6, 6.07) is 17.7. The number of carbonyl (C=O) groups excluding carboxylic acids is 2. The number of fused-ring (bicyclic) bond motifs is 1. The second kappa shape index (κ2) is 10.4. The number of hydrogen-bond acceptors (Lipinski definition) is 6. The van der Waals surface area contributed by atoms with Gasteiger partial charge in [0.2, 0.25) is 0 Å². The highest BCUT2D eigenvalue weighted by molar-refractivity contribution is 6.12. The summed E-state index contributed by atoms with van der Waals surface area (Å²) in [5, 5.41) is 17.2. The Morgan fingerprint density at radius 2 is 1.78 bits per heavy atom. The monoisotopic (exact) mass is 486 g/mol. The normalized spacial score (nSPS) is 11.1. The molecule has 4 rings (SSSR count). The van der Waals surface area contributed by atoms with Crippen LogP contribution >= 0.6 is 0 Å². The van der Waals surface area contributed by atoms with Crippen LogP contribution in [0.15, 0.2) is 78.6 Å². The molecule has 0 aliphatic rings. The predicted molar refractivity (Wildman–Crippen MR) is 135 cm³/mol. The number of aromatic nitrogens is 1. The molecule has 2 amide bonds. The molecule has 0 unspecified atom stereocenters. The van der Waals surface area contributed by atoms with Gasteiger partial charge >= 0.3 is 0 Å². The molecular formula is C26H22N4O6. The second-order valence-corrected chi connectivity index (χ2v) is 7.63. The zero-order valence-corrected chi connectivity index (χ0v) is 19.4. The summed E-state index contributed by atoms with van der Waals surface area (Å²) in [6.07, 6.45) is 3.24. The van der Waals surface area contributed by atoms with Crippen molar-refractivity contribution in [1.29, 1.82) is 0 Å². The van der Waals surface area contributed by atoms with Crippen molar-refractivity contribution >= 4 is 40.2 Å². The fourth-order valence-corrected chi connectivity index (χ4v) is 3.55. The quantitative estimate of drug-likeness (QED) is 0.191. The molecule has 1 heterocycles. The van der Waals surface area contributed by atoms with E-state index >= 15 is 0 Å². The Bertz CT molecular complexity index is 1480. The Hall–Kier alpha value is -5.12. The summed E-state index contributed by atoms with van der Waals surface area (Å²) in [5.41, 5.74) is 1.78. The standard InChI is InChI=1S/C26H22N4O6/c1-35-19-9-11-21-20(14-19)17(15-27-21)12-23(29-25(31)16-6-4-3-5-7-16)26(32)28-22-10-8-18(30(33)34)13-24(22)36-2/h3-15,27H,1-2H3,(H,28,32)(H,29,31). The van der Waals surface area contributed by atoms with Crippen LogP contribution in [0.4, 0.5) is 11.4 Å². The van der Waals surface area contributed by atoms with E-state index in [0.717, 1.165) is 10.9 Å². The van der Waals surface area contributed by atoms with Gasteiger partial charge in [-0.2, -0.15) is 0 Å². The van der Waals surface area contributed by atoms with Crippen molar-refractivity contribution in [3.05, 3.63) is 99.9 Å². The van der Waals surface area contributed by atoms with Gasteiger partial charge in [0.15, 0.2) is 0 Å². The van der Waals surface area contributed by atoms with Crippen LogP contribution in [0.25, 0.3) is 17.0 Å². The number of hydrogen-bond donors (Lipinski definition) is 3. The average molecular weight is 486 g/mol. The highest BCUT2D eigenvalue weighted by Crippen LogP contribution is 2.30. The number of rotatable bonds is 8. The largest absolute Gasteiger partial charge is 0.497 e. The van der Waals surface area contributed by atoms with Crippen molar-refractivity contribution in [2.75, 3.05) is 19.5 Å². The number of amides is 2. The number of carbonyl (C=O) groups is 2. The summed E-state index contributed by atoms with van der Waals surface area (Å²) in [5.74, 6) is -0.399. The van der Waals surface area contributed by atoms with E-state index < -0.39 is 16.7 Å². The Morgan fingerprint density at radius 1 is 1.00 bits per heavy atom. The van der Waals surface area contributed by atoms with E-state index in [2.05, 4.69) is 15.6 Å². The third-order valence-electron chi connectivity index (χ3n) is 5.39. The minimum Gasteiger partial charge on any atom is -0.497 e. The summed E-state index contributed by atoms with van der Waals surface area (Å²) in [4.78, 5) is 39.9. The Kier molecular flexibility index (Phi) is 6.96. The van der Waals surface area contributed by atoms with Gasteiger partial charge in [0.1, 0.15) is 17.2 Å². The lowest BCUT2D eigenvalue weighted by atomic mass is 10.1. The molecule has 36 heavy (non-hydrogen) atoms. The topological polar surface area (TPSA) is 136 Å². The number of aromatic amines is 1. The molecule has 0 fully saturated rings. The van der Waals surface area contributed by atoms with Crippen molar-refractivity contribution in [3.8, 4) is 11.5 Å². The van der Waals surface area contributed by atoms with Crippen LogP contribution in [-0.4, -0.2) is 35.9 Å². The van der Waals surface area contributed by atoms with Crippen LogP contribution in [0.5, 0.6) is 11.5 Å². The number of anilines is 1. The number of benzene rings is 3. The molecule has 0 bridgehead atoms. The maximum atomic E-state index is 13.3. The first-order valence-electron chi connectivity index (χ1n) is 10.8. The number of non-ortho nitro benzene ring substituents is 1. The van der Waals surface area contributed by atoms with E-state index in [4.69, 9.17) is 9.47 Å². The molecule has 0 aliphatic carbocycles. The number of nitrogens with zero attached hydrogens (tertiary/aromatic N) is 1. The lowest BCUT2D eigenvalue weighted by Crippen LogP contribution is -2.30. The number of methoxy groups -OCH3 is 2. The first-order chi connectivity index (χ1) is 17.4. The SMILES string of the molecule is COc1ccc2[nH]cc(C=C(NC(=O)c3ccccc3)C(=O)Nc3ccc([N+](=O)[O-])cc3OC)c2c1. The van der Waals surface area contributed by atoms with E-state index in [-0.39, 0.29) is 22.8 Å². The Balaban J connectivity index is 1.72. The summed E-state index contributed by atoms with van der Waals surface area (Å²) >= 11 is 0. The van der Waals surface area contributed by atoms with Crippen LogP contribution in [0.3, 0.4) is 0 Å². The first kappa shape index (κ1) is 24.0. The van der Waals surface area contributed by atoms with Gasteiger partial charge in [-0.05, 0) is 42.5 Å². The highest BCUT2D eigenvalue weighted by atomic mass is 16.6. The second-order valence-electron chi connectivity index (χ2n) is 7.63. The fourth-order valence-electron chi connectivity index (χ4n) is 3.55. The van der Waals surface area contributed by atoms with Gasteiger partial charge in [-0.1, -0.05) is 18.2 Å². The van der Waals surface area contributed by atoms with Crippen LogP contribution in [-0.2, 0) is 4.79 Å². The van der Waals surface area contributed by atoms with Crippen molar-refractivity contribution in [1.82, 2.24) is 10.3 Å². The maximum Gasteiger partial charge on any atom is 0.273 e. The van der Waals surface area contributed by atoms with E-state index in [9.17, 15) is 19.7 Å². The Morgan fingerprint density at radius 3 is 2.47 bits per heavy atom. The lowest BCUT2D eigenvalue weighted by molar-refractivity contribution is -0.384. The summed E-state index contributed by atoms with van der Waals surface area (Å²) < 4.78 is 10.5.